The Labute approximate surface area is 160 Å². The Bertz CT molecular complexity index is 1100. The van der Waals surface area contributed by atoms with E-state index >= 15 is 0 Å². The number of aromatic nitrogens is 4. The normalized spacial score (nSPS) is 12.9. The second-order valence-corrected chi connectivity index (χ2v) is 9.01. The lowest BCUT2D eigenvalue weighted by molar-refractivity contribution is 0.375. The Balaban J connectivity index is 1.56. The molecule has 0 unspecified atom stereocenters. The molecule has 0 fully saturated rings. The fraction of sp³-hybridized carbons (Fsp3) is 0.391. The number of nitrogens with one attached hydrogen (secondary N) is 2. The highest BCUT2D eigenvalue weighted by Crippen LogP contribution is 2.37. The first-order valence-corrected chi connectivity index (χ1v) is 9.65. The van der Waals surface area contributed by atoms with Crippen molar-refractivity contribution < 1.29 is 0 Å². The van der Waals surface area contributed by atoms with Crippen molar-refractivity contribution in [2.75, 3.05) is 0 Å². The van der Waals surface area contributed by atoms with E-state index in [9.17, 15) is 0 Å². The summed E-state index contributed by atoms with van der Waals surface area (Å²) in [7, 11) is 0. The van der Waals surface area contributed by atoms with E-state index in [-0.39, 0.29) is 10.8 Å². The van der Waals surface area contributed by atoms with Crippen LogP contribution in [0.2, 0.25) is 0 Å². The first kappa shape index (κ1) is 17.8. The number of rotatable bonds is 5. The maximum absolute atomic E-state index is 4.33. The Morgan fingerprint density at radius 3 is 2.15 bits per heavy atom. The van der Waals surface area contributed by atoms with Crippen LogP contribution in [0.3, 0.4) is 0 Å². The molecule has 2 aromatic carbocycles. The molecule has 4 rings (SSSR count). The average Bonchev–Trinajstić information content (AvgIpc) is 3.26. The van der Waals surface area contributed by atoms with Gasteiger partial charge in [0, 0.05) is 10.8 Å². The molecule has 0 aliphatic heterocycles. The minimum Gasteiger partial charge on any atom is -0.278 e. The van der Waals surface area contributed by atoms with Crippen molar-refractivity contribution in [2.45, 2.75) is 58.3 Å². The fourth-order valence-electron chi connectivity index (χ4n) is 3.84. The Morgan fingerprint density at radius 1 is 0.815 bits per heavy atom. The zero-order valence-electron chi connectivity index (χ0n) is 16.9. The highest BCUT2D eigenvalue weighted by Gasteiger charge is 2.27. The van der Waals surface area contributed by atoms with Crippen molar-refractivity contribution in [2.24, 2.45) is 0 Å². The smallest absolute Gasteiger partial charge is 0.0670 e. The number of benzene rings is 2. The molecule has 4 aromatic rings. The van der Waals surface area contributed by atoms with E-state index in [0.717, 1.165) is 29.6 Å². The van der Waals surface area contributed by atoms with Gasteiger partial charge >= 0.3 is 0 Å². The molecule has 0 radical (unpaired) electrons. The summed E-state index contributed by atoms with van der Waals surface area (Å²) in [6, 6.07) is 13.3. The minimum absolute atomic E-state index is 0.106. The largest absolute Gasteiger partial charge is 0.278 e. The molecular weight excluding hydrogens is 332 g/mol. The fourth-order valence-corrected chi connectivity index (χ4v) is 3.84. The SMILES string of the molecule is Cc1n[nH]c2ccc(C(C)(C)CCC(C)(C)c3ccc4[nH]ncc4c3)cc12. The highest BCUT2D eigenvalue weighted by molar-refractivity contribution is 5.82. The second kappa shape index (κ2) is 6.22. The molecule has 140 valence electrons. The molecule has 2 heterocycles. The van der Waals surface area contributed by atoms with Gasteiger partial charge in [-0.2, -0.15) is 10.2 Å². The number of hydrogen-bond donors (Lipinski definition) is 2. The van der Waals surface area contributed by atoms with Gasteiger partial charge in [0.25, 0.3) is 0 Å². The van der Waals surface area contributed by atoms with Gasteiger partial charge in [-0.15, -0.1) is 0 Å². The van der Waals surface area contributed by atoms with Crippen LogP contribution in [-0.2, 0) is 10.8 Å². The summed E-state index contributed by atoms with van der Waals surface area (Å²) in [6.45, 7) is 11.4. The van der Waals surface area contributed by atoms with E-state index in [1.807, 2.05) is 6.20 Å². The molecule has 0 atom stereocenters. The lowest BCUT2D eigenvalue weighted by Gasteiger charge is -2.32. The third kappa shape index (κ3) is 3.25. The maximum atomic E-state index is 4.33. The molecule has 27 heavy (non-hydrogen) atoms. The minimum atomic E-state index is 0.106. The highest BCUT2D eigenvalue weighted by atomic mass is 15.1. The van der Waals surface area contributed by atoms with Gasteiger partial charge in [-0.1, -0.05) is 39.8 Å². The van der Waals surface area contributed by atoms with Crippen LogP contribution in [0.1, 0.15) is 57.4 Å². The predicted molar refractivity (Wildman–Crippen MR) is 112 cm³/mol. The van der Waals surface area contributed by atoms with Crippen LogP contribution in [0, 0.1) is 6.92 Å². The van der Waals surface area contributed by atoms with E-state index in [1.54, 1.807) is 0 Å². The van der Waals surface area contributed by atoms with Crippen molar-refractivity contribution >= 4 is 21.8 Å². The summed E-state index contributed by atoms with van der Waals surface area (Å²) in [5, 5.41) is 17.0. The van der Waals surface area contributed by atoms with Gasteiger partial charge in [0.2, 0.25) is 0 Å². The van der Waals surface area contributed by atoms with Gasteiger partial charge < -0.3 is 0 Å². The predicted octanol–water partition coefficient (Wildman–Crippen LogP) is 5.78. The molecule has 0 aliphatic rings. The summed E-state index contributed by atoms with van der Waals surface area (Å²) >= 11 is 0. The molecule has 0 spiro atoms. The summed E-state index contributed by atoms with van der Waals surface area (Å²) < 4.78 is 0. The molecule has 0 saturated carbocycles. The summed E-state index contributed by atoms with van der Waals surface area (Å²) in [4.78, 5) is 0. The molecule has 0 amide bonds. The summed E-state index contributed by atoms with van der Waals surface area (Å²) in [5.41, 5.74) is 6.23. The molecular formula is C23H28N4. The Hall–Kier alpha value is -2.62. The van der Waals surface area contributed by atoms with Gasteiger partial charge in [0.15, 0.2) is 0 Å². The topological polar surface area (TPSA) is 57.4 Å². The van der Waals surface area contributed by atoms with Gasteiger partial charge in [-0.3, -0.25) is 10.2 Å². The van der Waals surface area contributed by atoms with Crippen molar-refractivity contribution in [3.8, 4) is 0 Å². The van der Waals surface area contributed by atoms with Gasteiger partial charge in [0.05, 0.1) is 22.9 Å². The Morgan fingerprint density at radius 2 is 1.44 bits per heavy atom. The lowest BCUT2D eigenvalue weighted by Crippen LogP contribution is -2.24. The standard InChI is InChI=1S/C23H28N4/c1-15-19-13-18(7-9-21(19)27-25-15)23(4,5)11-10-22(2,3)17-6-8-20-16(12-17)14-24-26-20/h6-9,12-14H,10-11H2,1-5H3,(H,24,26)(H,25,27). The van der Waals surface area contributed by atoms with Crippen LogP contribution >= 0.6 is 0 Å². The van der Waals surface area contributed by atoms with Gasteiger partial charge in [-0.25, -0.2) is 0 Å². The monoisotopic (exact) mass is 360 g/mol. The number of fused-ring (bicyclic) bond motifs is 2. The second-order valence-electron chi connectivity index (χ2n) is 9.01. The van der Waals surface area contributed by atoms with Crippen molar-refractivity contribution in [1.29, 1.82) is 0 Å². The number of aromatic amines is 2. The van der Waals surface area contributed by atoms with E-state index in [2.05, 4.69) is 91.4 Å². The van der Waals surface area contributed by atoms with Crippen LogP contribution < -0.4 is 0 Å². The van der Waals surface area contributed by atoms with Crippen molar-refractivity contribution in [3.05, 3.63) is 59.4 Å². The number of aryl methyl sites for hydroxylation is 1. The first-order valence-electron chi connectivity index (χ1n) is 9.65. The van der Waals surface area contributed by atoms with Crippen LogP contribution in [0.15, 0.2) is 42.6 Å². The van der Waals surface area contributed by atoms with E-state index in [1.165, 1.54) is 21.9 Å². The van der Waals surface area contributed by atoms with Crippen LogP contribution in [0.25, 0.3) is 21.8 Å². The molecule has 4 nitrogen and oxygen atoms in total. The average molecular weight is 361 g/mol. The van der Waals surface area contributed by atoms with Crippen LogP contribution in [0.5, 0.6) is 0 Å². The van der Waals surface area contributed by atoms with E-state index in [4.69, 9.17) is 0 Å². The molecule has 0 bridgehead atoms. The molecule has 2 N–H and O–H groups in total. The van der Waals surface area contributed by atoms with Crippen LogP contribution in [0.4, 0.5) is 0 Å². The third-order valence-corrected chi connectivity index (χ3v) is 6.13. The quantitative estimate of drug-likeness (QED) is 0.474. The number of hydrogen-bond acceptors (Lipinski definition) is 2. The zero-order chi connectivity index (χ0) is 19.2. The zero-order valence-corrected chi connectivity index (χ0v) is 16.9. The van der Waals surface area contributed by atoms with Gasteiger partial charge in [-0.05, 0) is 66.0 Å². The molecule has 2 aromatic heterocycles. The van der Waals surface area contributed by atoms with Gasteiger partial charge in [0.1, 0.15) is 0 Å². The summed E-state index contributed by atoms with van der Waals surface area (Å²) in [6.07, 6.45) is 4.14. The van der Waals surface area contributed by atoms with E-state index in [0.29, 0.717) is 0 Å². The third-order valence-electron chi connectivity index (χ3n) is 6.13. The number of H-pyrrole nitrogens is 2. The van der Waals surface area contributed by atoms with Crippen LogP contribution in [-0.4, -0.2) is 20.4 Å². The number of nitrogens with zero attached hydrogens (tertiary/aromatic N) is 2. The molecule has 4 heteroatoms. The van der Waals surface area contributed by atoms with E-state index < -0.39 is 0 Å². The first-order chi connectivity index (χ1) is 12.8. The molecule has 0 saturated heterocycles. The molecule has 0 aliphatic carbocycles. The summed E-state index contributed by atoms with van der Waals surface area (Å²) in [5.74, 6) is 0. The lowest BCUT2D eigenvalue weighted by atomic mass is 9.72. The Kier molecular flexibility index (Phi) is 4.10. The maximum Gasteiger partial charge on any atom is 0.0670 e. The van der Waals surface area contributed by atoms with Crippen molar-refractivity contribution in [1.82, 2.24) is 20.4 Å². The van der Waals surface area contributed by atoms with Crippen molar-refractivity contribution in [3.63, 3.8) is 0 Å².